The van der Waals surface area contributed by atoms with Crippen molar-refractivity contribution in [1.29, 1.82) is 0 Å². The summed E-state index contributed by atoms with van der Waals surface area (Å²) in [6, 6.07) is 2.53. The number of alkyl halides is 3. The minimum absolute atomic E-state index is 0.0890. The number of ketones is 1. The quantitative estimate of drug-likeness (QED) is 0.400. The van der Waals surface area contributed by atoms with Crippen LogP contribution in [0.5, 0.6) is 0 Å². The predicted molar refractivity (Wildman–Crippen MR) is 104 cm³/mol. The van der Waals surface area contributed by atoms with E-state index < -0.39 is 29.6 Å². The van der Waals surface area contributed by atoms with Gasteiger partial charge in [-0.05, 0) is 18.6 Å². The average Bonchev–Trinajstić information content (AvgIpc) is 3.30. The number of halogens is 5. The monoisotopic (exact) mass is 470 g/mol. The number of pyridine rings is 1. The number of hydrogen-bond donors (Lipinski definition) is 0. The van der Waals surface area contributed by atoms with E-state index in [4.69, 9.17) is 16.3 Å². The zero-order valence-corrected chi connectivity index (χ0v) is 17.4. The van der Waals surface area contributed by atoms with Gasteiger partial charge < -0.3 is 4.74 Å². The van der Waals surface area contributed by atoms with Crippen LogP contribution < -0.4 is 0 Å². The molecule has 0 amide bonds. The first-order valence-corrected chi connectivity index (χ1v) is 9.64. The third kappa shape index (κ3) is 4.15. The van der Waals surface area contributed by atoms with Gasteiger partial charge >= 0.3 is 6.18 Å². The standard InChI is InChI=1S/C19H15ClF4N6O2/c1-9(32-2)16-11(7-25-15-6-14(20)27-30(15)16)5-12(31)3-10-4-13(21)17-26-18(19(22,23)24)28-29(17)8-10/h4,6-9H,3,5H2,1-2H3/t9-/m0/s1. The van der Waals surface area contributed by atoms with Gasteiger partial charge in [0.25, 0.3) is 5.82 Å². The molecule has 0 fully saturated rings. The lowest BCUT2D eigenvalue weighted by Gasteiger charge is -2.16. The maximum absolute atomic E-state index is 14.3. The lowest BCUT2D eigenvalue weighted by atomic mass is 10.0. The van der Waals surface area contributed by atoms with Crippen LogP contribution in [0.15, 0.2) is 24.5 Å². The Morgan fingerprint density at radius 1 is 1.25 bits per heavy atom. The van der Waals surface area contributed by atoms with E-state index in [1.165, 1.54) is 17.8 Å². The molecular weight excluding hydrogens is 456 g/mol. The second-order valence-electron chi connectivity index (χ2n) is 7.07. The Hall–Kier alpha value is -3.12. The fourth-order valence-corrected chi connectivity index (χ4v) is 3.53. The van der Waals surface area contributed by atoms with E-state index in [0.29, 0.717) is 21.4 Å². The molecule has 0 N–H and O–H groups in total. The van der Waals surface area contributed by atoms with Gasteiger partial charge in [-0.15, -0.1) is 5.10 Å². The van der Waals surface area contributed by atoms with Gasteiger partial charge in [-0.1, -0.05) is 11.6 Å². The van der Waals surface area contributed by atoms with Crippen molar-refractivity contribution in [3.8, 4) is 0 Å². The predicted octanol–water partition coefficient (Wildman–Crippen LogP) is 3.65. The van der Waals surface area contributed by atoms with E-state index in [1.54, 1.807) is 13.0 Å². The largest absolute Gasteiger partial charge is 0.453 e. The van der Waals surface area contributed by atoms with Crippen molar-refractivity contribution in [3.05, 3.63) is 58.1 Å². The summed E-state index contributed by atoms with van der Waals surface area (Å²) in [7, 11) is 1.50. The van der Waals surface area contributed by atoms with Gasteiger partial charge in [-0.2, -0.15) is 18.3 Å². The minimum Gasteiger partial charge on any atom is -0.375 e. The molecule has 0 unspecified atom stereocenters. The number of carbonyl (C=O) groups is 1. The smallest absolute Gasteiger partial charge is 0.375 e. The second kappa shape index (κ2) is 8.10. The normalized spacial score (nSPS) is 13.2. The Morgan fingerprint density at radius 3 is 2.69 bits per heavy atom. The molecule has 1 atom stereocenters. The number of Topliss-reactive ketones (excluding diaryl/α,β-unsaturated/α-hetero) is 1. The van der Waals surface area contributed by atoms with Crippen LogP contribution in [0.1, 0.15) is 35.7 Å². The number of methoxy groups -OCH3 is 1. The molecule has 0 radical (unpaired) electrons. The summed E-state index contributed by atoms with van der Waals surface area (Å²) in [6.07, 6.45) is -2.94. The number of carbonyl (C=O) groups excluding carboxylic acids is 1. The fourth-order valence-electron chi connectivity index (χ4n) is 3.36. The summed E-state index contributed by atoms with van der Waals surface area (Å²) in [5.74, 6) is -2.81. The molecule has 0 bridgehead atoms. The van der Waals surface area contributed by atoms with E-state index in [9.17, 15) is 22.4 Å². The molecule has 0 aliphatic carbocycles. The molecule has 0 spiro atoms. The molecule has 0 aliphatic heterocycles. The van der Waals surface area contributed by atoms with Crippen LogP contribution in [0.2, 0.25) is 5.15 Å². The van der Waals surface area contributed by atoms with Crippen LogP contribution in [0.3, 0.4) is 0 Å². The Labute approximate surface area is 182 Å². The van der Waals surface area contributed by atoms with E-state index in [2.05, 4.69) is 20.2 Å². The van der Waals surface area contributed by atoms with Crippen molar-refractivity contribution in [1.82, 2.24) is 29.2 Å². The Balaban J connectivity index is 1.63. The number of hydrogen-bond acceptors (Lipinski definition) is 6. The summed E-state index contributed by atoms with van der Waals surface area (Å²) >= 11 is 5.96. The van der Waals surface area contributed by atoms with E-state index in [0.717, 1.165) is 12.3 Å². The zero-order valence-electron chi connectivity index (χ0n) is 16.7. The van der Waals surface area contributed by atoms with Gasteiger partial charge in [0.05, 0.1) is 11.8 Å². The minimum atomic E-state index is -4.82. The summed E-state index contributed by atoms with van der Waals surface area (Å²) < 4.78 is 60.2. The summed E-state index contributed by atoms with van der Waals surface area (Å²) in [4.78, 5) is 20.1. The van der Waals surface area contributed by atoms with Crippen molar-refractivity contribution >= 4 is 28.7 Å². The van der Waals surface area contributed by atoms with Crippen molar-refractivity contribution in [2.75, 3.05) is 7.11 Å². The third-order valence-electron chi connectivity index (χ3n) is 4.80. The first-order chi connectivity index (χ1) is 15.1. The molecule has 13 heteroatoms. The first-order valence-electron chi connectivity index (χ1n) is 9.26. The van der Waals surface area contributed by atoms with Crippen molar-refractivity contribution in [2.45, 2.75) is 32.0 Å². The highest BCUT2D eigenvalue weighted by Crippen LogP contribution is 2.27. The molecule has 4 aromatic heterocycles. The van der Waals surface area contributed by atoms with Gasteiger partial charge in [0.2, 0.25) is 0 Å². The Kier molecular flexibility index (Phi) is 5.59. The van der Waals surface area contributed by atoms with Gasteiger partial charge in [-0.25, -0.2) is 23.4 Å². The average molecular weight is 471 g/mol. The number of rotatable bonds is 6. The Bertz CT molecular complexity index is 1330. The molecule has 168 valence electrons. The van der Waals surface area contributed by atoms with Gasteiger partial charge in [0, 0.05) is 44.0 Å². The first kappa shape index (κ1) is 22.1. The molecule has 0 saturated heterocycles. The van der Waals surface area contributed by atoms with Crippen LogP contribution in [0, 0.1) is 5.82 Å². The fraction of sp³-hybridized carbons (Fsp3) is 0.316. The van der Waals surface area contributed by atoms with E-state index in [-0.39, 0.29) is 29.3 Å². The molecule has 8 nitrogen and oxygen atoms in total. The van der Waals surface area contributed by atoms with Crippen LogP contribution in [-0.2, 0) is 28.5 Å². The summed E-state index contributed by atoms with van der Waals surface area (Å²) in [5.41, 5.74) is 1.15. The van der Waals surface area contributed by atoms with Crippen LogP contribution in [0.25, 0.3) is 11.3 Å². The SMILES string of the molecule is CO[C@@H](C)c1c(CC(=O)Cc2cc(F)c3nc(C(F)(F)F)nn3c2)cnc2cc(Cl)nn12. The second-order valence-corrected chi connectivity index (χ2v) is 7.46. The highest BCUT2D eigenvalue weighted by molar-refractivity contribution is 6.29. The topological polar surface area (TPSA) is 86.7 Å². The van der Waals surface area contributed by atoms with Gasteiger partial charge in [-0.3, -0.25) is 4.79 Å². The lowest BCUT2D eigenvalue weighted by Crippen LogP contribution is -2.15. The van der Waals surface area contributed by atoms with Gasteiger partial charge in [0.15, 0.2) is 22.3 Å². The molecule has 32 heavy (non-hydrogen) atoms. The van der Waals surface area contributed by atoms with Gasteiger partial charge in [0.1, 0.15) is 5.78 Å². The molecule has 0 aromatic carbocycles. The van der Waals surface area contributed by atoms with Crippen molar-refractivity contribution in [3.63, 3.8) is 0 Å². The number of fused-ring (bicyclic) bond motifs is 2. The van der Waals surface area contributed by atoms with E-state index in [1.807, 2.05) is 0 Å². The number of nitrogens with zero attached hydrogens (tertiary/aromatic N) is 6. The molecule has 4 aromatic rings. The van der Waals surface area contributed by atoms with Crippen LogP contribution in [0.4, 0.5) is 17.6 Å². The maximum Gasteiger partial charge on any atom is 0.453 e. The van der Waals surface area contributed by atoms with Crippen molar-refractivity contribution < 1.29 is 27.1 Å². The van der Waals surface area contributed by atoms with E-state index >= 15 is 0 Å². The molecule has 0 aliphatic rings. The van der Waals surface area contributed by atoms with Crippen LogP contribution in [-0.4, -0.2) is 42.1 Å². The number of aromatic nitrogens is 6. The molecule has 0 saturated carbocycles. The highest BCUT2D eigenvalue weighted by Gasteiger charge is 2.36. The maximum atomic E-state index is 14.3. The summed E-state index contributed by atoms with van der Waals surface area (Å²) in [6.45, 7) is 1.77. The Morgan fingerprint density at radius 2 is 2.00 bits per heavy atom. The molecule has 4 rings (SSSR count). The molecule has 4 heterocycles. The number of ether oxygens (including phenoxy) is 1. The third-order valence-corrected chi connectivity index (χ3v) is 4.98. The highest BCUT2D eigenvalue weighted by atomic mass is 35.5. The van der Waals surface area contributed by atoms with Crippen molar-refractivity contribution in [2.24, 2.45) is 0 Å². The molecular formula is C19H15ClF4N6O2. The lowest BCUT2D eigenvalue weighted by molar-refractivity contribution is -0.144. The van der Waals surface area contributed by atoms with Crippen LogP contribution >= 0.6 is 11.6 Å². The zero-order chi connectivity index (χ0) is 23.2. The summed E-state index contributed by atoms with van der Waals surface area (Å²) in [5, 5.41) is 7.65.